The molecule has 2 nitrogen and oxygen atoms in total. The molecule has 30 heavy (non-hydrogen) atoms. The van der Waals surface area contributed by atoms with Crippen molar-refractivity contribution in [1.29, 1.82) is 0 Å². The summed E-state index contributed by atoms with van der Waals surface area (Å²) < 4.78 is 0.591. The number of benzene rings is 1. The third-order valence-electron chi connectivity index (χ3n) is 10.3. The summed E-state index contributed by atoms with van der Waals surface area (Å²) in [6.45, 7) is 8.31. The van der Waals surface area contributed by atoms with Crippen molar-refractivity contribution >= 4 is 5.91 Å². The fourth-order valence-electron chi connectivity index (χ4n) is 8.75. The van der Waals surface area contributed by atoms with Crippen molar-refractivity contribution in [3.05, 3.63) is 48.0 Å². The number of fused-ring (bicyclic) bond motifs is 5. The molecule has 1 amide bonds. The Morgan fingerprint density at radius 3 is 2.57 bits per heavy atom. The van der Waals surface area contributed by atoms with E-state index in [-0.39, 0.29) is 5.41 Å². The van der Waals surface area contributed by atoms with Gasteiger partial charge in [-0.05, 0) is 60.8 Å². The number of hydrogen-bond acceptors (Lipinski definition) is 1. The Balaban J connectivity index is 1.46. The molecule has 0 N–H and O–H groups in total. The van der Waals surface area contributed by atoms with E-state index in [9.17, 15) is 4.79 Å². The summed E-state index contributed by atoms with van der Waals surface area (Å²) >= 11 is 0. The first kappa shape index (κ1) is 20.5. The van der Waals surface area contributed by atoms with E-state index in [0.29, 0.717) is 27.8 Å². The van der Waals surface area contributed by atoms with Gasteiger partial charge in [0, 0.05) is 23.8 Å². The van der Waals surface area contributed by atoms with Gasteiger partial charge in [0.1, 0.15) is 6.04 Å². The van der Waals surface area contributed by atoms with Crippen LogP contribution in [0.3, 0.4) is 0 Å². The quantitative estimate of drug-likeness (QED) is 0.536. The normalized spacial score (nSPS) is 46.1. The molecule has 8 atom stereocenters. The molecular formula is C28H40NO+. The van der Waals surface area contributed by atoms with Crippen LogP contribution in [0.5, 0.6) is 0 Å². The molecule has 0 spiro atoms. The van der Waals surface area contributed by atoms with Crippen LogP contribution in [0.2, 0.25) is 0 Å². The van der Waals surface area contributed by atoms with Gasteiger partial charge in [-0.15, -0.1) is 0 Å². The highest BCUT2D eigenvalue weighted by Gasteiger charge is 2.62. The SMILES string of the molecule is CC(C[N@+]1(C)C(=O)C=C[C@@]2(C)[C@H]1CC[C@H]1[C@@H]3CCC[C@@]3(C)CC[C@@H]12)c1ccccc1. The number of likely N-dealkylation sites (N-methyl/N-ethyl adjacent to an activating group) is 1. The number of amides is 1. The number of rotatable bonds is 3. The number of nitrogens with zero attached hydrogens (tertiary/aromatic N) is 1. The predicted molar refractivity (Wildman–Crippen MR) is 123 cm³/mol. The number of carbonyl (C=O) groups is 1. The molecule has 0 radical (unpaired) electrons. The van der Waals surface area contributed by atoms with Gasteiger partial charge in [0.25, 0.3) is 0 Å². The maximum Gasteiger partial charge on any atom is 0.338 e. The van der Waals surface area contributed by atoms with Gasteiger partial charge in [0.05, 0.1) is 13.6 Å². The molecule has 3 aliphatic carbocycles. The lowest BCUT2D eigenvalue weighted by Crippen LogP contribution is -2.68. The van der Waals surface area contributed by atoms with E-state index >= 15 is 0 Å². The average Bonchev–Trinajstić information content (AvgIpc) is 3.14. The standard InChI is InChI=1S/C28H40NO/c1-20(21-9-6-5-7-10-21)19-29(4)25-13-12-22-23-11-8-16-27(23,2)17-14-24(22)28(25,3)18-15-26(29)30/h5-7,9-10,15,18,20,22-25H,8,11-14,16-17,19H2,1-4H3/q+1/t20?,22-,23-,24-,25+,27-,28+,29-/m0/s1. The second kappa shape index (κ2) is 7.05. The molecule has 2 heteroatoms. The predicted octanol–water partition coefficient (Wildman–Crippen LogP) is 6.33. The van der Waals surface area contributed by atoms with Crippen LogP contribution in [0.15, 0.2) is 42.5 Å². The number of hydrogen-bond donors (Lipinski definition) is 0. The Hall–Kier alpha value is -1.41. The van der Waals surface area contributed by atoms with Gasteiger partial charge >= 0.3 is 5.91 Å². The van der Waals surface area contributed by atoms with Crippen molar-refractivity contribution in [2.45, 2.75) is 77.7 Å². The molecular weight excluding hydrogens is 366 g/mol. The Morgan fingerprint density at radius 1 is 1.03 bits per heavy atom. The Bertz CT molecular complexity index is 845. The first-order valence-corrected chi connectivity index (χ1v) is 12.4. The summed E-state index contributed by atoms with van der Waals surface area (Å²) in [6.07, 6.45) is 13.9. The minimum Gasteiger partial charge on any atom is -0.255 e. The van der Waals surface area contributed by atoms with Crippen molar-refractivity contribution in [1.82, 2.24) is 0 Å². The van der Waals surface area contributed by atoms with Crippen LogP contribution in [0, 0.1) is 28.6 Å². The van der Waals surface area contributed by atoms with Crippen molar-refractivity contribution < 1.29 is 9.28 Å². The van der Waals surface area contributed by atoms with Crippen molar-refractivity contribution in [2.75, 3.05) is 13.6 Å². The summed E-state index contributed by atoms with van der Waals surface area (Å²) in [7, 11) is 2.25. The molecule has 1 heterocycles. The molecule has 1 aromatic carbocycles. The lowest BCUT2D eigenvalue weighted by atomic mass is 9.48. The molecule has 162 valence electrons. The van der Waals surface area contributed by atoms with E-state index in [0.717, 1.165) is 24.3 Å². The van der Waals surface area contributed by atoms with Crippen molar-refractivity contribution in [2.24, 2.45) is 28.6 Å². The molecule has 3 saturated carbocycles. The van der Waals surface area contributed by atoms with E-state index in [4.69, 9.17) is 0 Å². The zero-order valence-electron chi connectivity index (χ0n) is 19.4. The van der Waals surface area contributed by atoms with Gasteiger partial charge in [-0.3, -0.25) is 4.48 Å². The van der Waals surface area contributed by atoms with Gasteiger partial charge in [-0.1, -0.05) is 63.6 Å². The molecule has 1 unspecified atom stereocenters. The molecule has 1 aromatic rings. The largest absolute Gasteiger partial charge is 0.338 e. The zero-order chi connectivity index (χ0) is 21.1. The maximum absolute atomic E-state index is 13.4. The highest BCUT2D eigenvalue weighted by atomic mass is 16.2. The van der Waals surface area contributed by atoms with Crippen LogP contribution in [-0.4, -0.2) is 30.0 Å². The lowest BCUT2D eigenvalue weighted by Gasteiger charge is -2.61. The van der Waals surface area contributed by atoms with Crippen LogP contribution in [0.4, 0.5) is 0 Å². The molecule has 5 rings (SSSR count). The second-order valence-corrected chi connectivity index (χ2v) is 11.9. The molecule has 0 bridgehead atoms. The van der Waals surface area contributed by atoms with Gasteiger partial charge < -0.3 is 0 Å². The topological polar surface area (TPSA) is 17.1 Å². The van der Waals surface area contributed by atoms with Crippen molar-refractivity contribution in [3.63, 3.8) is 0 Å². The molecule has 3 fully saturated rings. The lowest BCUT2D eigenvalue weighted by molar-refractivity contribution is -0.871. The minimum atomic E-state index is 0.159. The van der Waals surface area contributed by atoms with Gasteiger partial charge in [-0.25, -0.2) is 4.79 Å². The Morgan fingerprint density at radius 2 is 1.80 bits per heavy atom. The summed E-state index contributed by atoms with van der Waals surface area (Å²) in [5.41, 5.74) is 2.11. The third kappa shape index (κ3) is 2.89. The summed E-state index contributed by atoms with van der Waals surface area (Å²) in [5, 5.41) is 0. The highest BCUT2D eigenvalue weighted by molar-refractivity contribution is 5.82. The fraction of sp³-hybridized carbons (Fsp3) is 0.679. The molecule has 1 aliphatic heterocycles. The third-order valence-corrected chi connectivity index (χ3v) is 10.3. The van der Waals surface area contributed by atoms with Crippen molar-refractivity contribution in [3.8, 4) is 0 Å². The molecule has 4 aliphatic rings. The van der Waals surface area contributed by atoms with Gasteiger partial charge in [0.15, 0.2) is 0 Å². The van der Waals surface area contributed by atoms with Crippen LogP contribution < -0.4 is 0 Å². The van der Waals surface area contributed by atoms with E-state index in [2.05, 4.69) is 64.2 Å². The van der Waals surface area contributed by atoms with Crippen LogP contribution in [0.25, 0.3) is 0 Å². The highest BCUT2D eigenvalue weighted by Crippen LogP contribution is 2.64. The minimum absolute atomic E-state index is 0.159. The van der Waals surface area contributed by atoms with Crippen LogP contribution in [-0.2, 0) is 4.79 Å². The number of quaternary nitrogens is 1. The van der Waals surface area contributed by atoms with E-state index < -0.39 is 0 Å². The Labute approximate surface area is 183 Å². The summed E-state index contributed by atoms with van der Waals surface area (Å²) in [6, 6.07) is 11.2. The number of carbonyl (C=O) groups excluding carboxylic acids is 1. The maximum atomic E-state index is 13.4. The van der Waals surface area contributed by atoms with Gasteiger partial charge in [-0.2, -0.15) is 0 Å². The second-order valence-electron chi connectivity index (χ2n) is 11.9. The van der Waals surface area contributed by atoms with Gasteiger partial charge in [0.2, 0.25) is 0 Å². The van der Waals surface area contributed by atoms with Crippen LogP contribution in [0.1, 0.15) is 77.2 Å². The first-order valence-electron chi connectivity index (χ1n) is 12.4. The van der Waals surface area contributed by atoms with E-state index in [1.54, 1.807) is 0 Å². The summed E-state index contributed by atoms with van der Waals surface area (Å²) in [4.78, 5) is 13.4. The first-order chi connectivity index (χ1) is 14.3. The van der Waals surface area contributed by atoms with E-state index in [1.165, 1.54) is 50.5 Å². The smallest absolute Gasteiger partial charge is 0.255 e. The fourth-order valence-corrected chi connectivity index (χ4v) is 8.75. The molecule has 0 aromatic heterocycles. The average molecular weight is 407 g/mol. The monoisotopic (exact) mass is 406 g/mol. The molecule has 0 saturated heterocycles. The zero-order valence-corrected chi connectivity index (χ0v) is 19.4. The Kier molecular flexibility index (Phi) is 4.82. The van der Waals surface area contributed by atoms with Crippen LogP contribution >= 0.6 is 0 Å². The summed E-state index contributed by atoms with van der Waals surface area (Å²) in [5.74, 6) is 3.24. The van der Waals surface area contributed by atoms with E-state index in [1.807, 2.05) is 6.08 Å².